The fourth-order valence-electron chi connectivity index (χ4n) is 2.65. The second kappa shape index (κ2) is 17.0. The molecule has 0 aromatic heterocycles. The molecule has 0 aromatic rings. The molecule has 2 N–H and O–H groups in total. The number of aliphatic imine (C=N–C) groups is 3. The Morgan fingerprint density at radius 2 is 2.03 bits per heavy atom. The Bertz CT molecular complexity index is 741. The molecule has 0 aliphatic carbocycles. The lowest BCUT2D eigenvalue weighted by molar-refractivity contribution is 0.0357. The van der Waals surface area contributed by atoms with Crippen LogP contribution in [0.5, 0.6) is 0 Å². The molecule has 0 atom stereocenters. The summed E-state index contributed by atoms with van der Waals surface area (Å²) in [6.45, 7) is 15.3. The Balaban J connectivity index is 2.76. The van der Waals surface area contributed by atoms with Gasteiger partial charge in [0.25, 0.3) is 0 Å². The molecule has 178 valence electrons. The lowest BCUT2D eigenvalue weighted by atomic mass is 10.3. The van der Waals surface area contributed by atoms with E-state index in [-0.39, 0.29) is 36.3 Å². The topological polar surface area (TPSA) is 100 Å². The van der Waals surface area contributed by atoms with E-state index in [1.54, 1.807) is 13.8 Å². The second-order valence-electron chi connectivity index (χ2n) is 6.47. The number of allylic oxidation sites excluding steroid dienone is 2. The van der Waals surface area contributed by atoms with Crippen molar-refractivity contribution in [3.8, 4) is 0 Å². The second-order valence-corrected chi connectivity index (χ2v) is 6.47. The lowest BCUT2D eigenvalue weighted by Crippen LogP contribution is -2.37. The standard InChI is InChI=1S/C22H34FN5O4/c1-5-20(19(23)8-9-25-16-29)32-18(3)21(22(24-4)26-6-2)27-17-31-13-7-10-28-11-14-30-15-12-28/h5-6,8,17,25,29H,3-4,7,9-16H2,1-2H3/b19-8+,20-5+,22-21-,26-6-,27-17+. The van der Waals surface area contributed by atoms with Gasteiger partial charge < -0.3 is 19.3 Å². The van der Waals surface area contributed by atoms with Crippen molar-refractivity contribution >= 4 is 19.3 Å². The summed E-state index contributed by atoms with van der Waals surface area (Å²) in [6, 6.07) is 0. The van der Waals surface area contributed by atoms with Gasteiger partial charge in [0.2, 0.25) is 0 Å². The fourth-order valence-corrected chi connectivity index (χ4v) is 2.65. The normalized spacial score (nSPS) is 17.0. The predicted molar refractivity (Wildman–Crippen MR) is 125 cm³/mol. The third kappa shape index (κ3) is 10.6. The van der Waals surface area contributed by atoms with Gasteiger partial charge in [0.15, 0.2) is 29.5 Å². The molecular weight excluding hydrogens is 417 g/mol. The molecule has 1 aliphatic rings. The van der Waals surface area contributed by atoms with E-state index < -0.39 is 5.83 Å². The van der Waals surface area contributed by atoms with E-state index >= 15 is 0 Å². The Hall–Kier alpha value is -2.66. The third-order valence-electron chi connectivity index (χ3n) is 4.24. The van der Waals surface area contributed by atoms with Gasteiger partial charge in [-0.05, 0) is 39.1 Å². The van der Waals surface area contributed by atoms with E-state index in [1.807, 2.05) is 0 Å². The summed E-state index contributed by atoms with van der Waals surface area (Å²) in [6.07, 6.45) is 6.31. The molecule has 0 aromatic carbocycles. The zero-order chi connectivity index (χ0) is 23.6. The van der Waals surface area contributed by atoms with Gasteiger partial charge >= 0.3 is 0 Å². The molecule has 1 fully saturated rings. The SMILES string of the molecule is C=NC(/N=C\C)=C(/N=C/OCCCN1CCOCC1)C(=C)OC(=C/C)/C(F)=C\CNCO. The first-order valence-corrected chi connectivity index (χ1v) is 10.4. The van der Waals surface area contributed by atoms with Crippen LogP contribution in [0.2, 0.25) is 0 Å². The Labute approximate surface area is 189 Å². The van der Waals surface area contributed by atoms with Gasteiger partial charge in [0.05, 0.1) is 26.6 Å². The highest BCUT2D eigenvalue weighted by Crippen LogP contribution is 2.24. The molecule has 32 heavy (non-hydrogen) atoms. The number of nitrogens with one attached hydrogen (secondary N) is 1. The van der Waals surface area contributed by atoms with Crippen LogP contribution >= 0.6 is 0 Å². The summed E-state index contributed by atoms with van der Waals surface area (Å²) in [5, 5.41) is 11.3. The fraction of sp³-hybridized carbons (Fsp3) is 0.500. The van der Waals surface area contributed by atoms with Crippen molar-refractivity contribution in [2.24, 2.45) is 15.0 Å². The minimum atomic E-state index is -0.621. The van der Waals surface area contributed by atoms with Crippen molar-refractivity contribution in [1.82, 2.24) is 10.2 Å². The zero-order valence-corrected chi connectivity index (χ0v) is 18.9. The van der Waals surface area contributed by atoms with E-state index in [2.05, 4.69) is 38.5 Å². The van der Waals surface area contributed by atoms with Crippen LogP contribution in [0, 0.1) is 0 Å². The number of nitrogens with zero attached hydrogens (tertiary/aromatic N) is 4. The van der Waals surface area contributed by atoms with Crippen molar-refractivity contribution in [3.05, 3.63) is 47.6 Å². The number of hydrogen-bond donors (Lipinski definition) is 2. The molecule has 0 unspecified atom stereocenters. The van der Waals surface area contributed by atoms with Crippen molar-refractivity contribution in [1.29, 1.82) is 0 Å². The van der Waals surface area contributed by atoms with Crippen molar-refractivity contribution in [2.75, 3.05) is 52.7 Å². The number of morpholine rings is 1. The van der Waals surface area contributed by atoms with Crippen LogP contribution in [0.15, 0.2) is 62.6 Å². The first-order chi connectivity index (χ1) is 15.6. The van der Waals surface area contributed by atoms with Crippen molar-refractivity contribution in [2.45, 2.75) is 20.3 Å². The summed E-state index contributed by atoms with van der Waals surface area (Å²) >= 11 is 0. The lowest BCUT2D eigenvalue weighted by Gasteiger charge is -2.26. The highest BCUT2D eigenvalue weighted by atomic mass is 19.1. The molecule has 0 amide bonds. The smallest absolute Gasteiger partial charge is 0.181 e. The minimum absolute atomic E-state index is 0.0259. The summed E-state index contributed by atoms with van der Waals surface area (Å²) in [7, 11) is 0. The third-order valence-corrected chi connectivity index (χ3v) is 4.24. The molecule has 0 bridgehead atoms. The number of halogens is 1. The van der Waals surface area contributed by atoms with E-state index in [9.17, 15) is 4.39 Å². The predicted octanol–water partition coefficient (Wildman–Crippen LogP) is 2.54. The van der Waals surface area contributed by atoms with Crippen LogP contribution in [-0.2, 0) is 14.2 Å². The van der Waals surface area contributed by atoms with E-state index in [1.165, 1.54) is 24.8 Å². The molecule has 0 saturated carbocycles. The molecule has 0 spiro atoms. The summed E-state index contributed by atoms with van der Waals surface area (Å²) in [5.41, 5.74) is 0.159. The molecule has 0 radical (unpaired) electrons. The summed E-state index contributed by atoms with van der Waals surface area (Å²) < 4.78 is 30.7. The average molecular weight is 452 g/mol. The number of ether oxygens (including phenoxy) is 3. The van der Waals surface area contributed by atoms with Crippen LogP contribution < -0.4 is 5.32 Å². The Morgan fingerprint density at radius 1 is 1.28 bits per heavy atom. The minimum Gasteiger partial charge on any atom is -0.483 e. The van der Waals surface area contributed by atoms with Crippen LogP contribution in [0.4, 0.5) is 4.39 Å². The van der Waals surface area contributed by atoms with Crippen LogP contribution in [0.25, 0.3) is 0 Å². The van der Waals surface area contributed by atoms with E-state index in [4.69, 9.17) is 19.3 Å². The van der Waals surface area contributed by atoms with Crippen LogP contribution in [0.1, 0.15) is 20.3 Å². The van der Waals surface area contributed by atoms with Crippen LogP contribution in [-0.4, -0.2) is 82.1 Å². The molecule has 1 heterocycles. The quantitative estimate of drug-likeness (QED) is 0.0991. The first-order valence-electron chi connectivity index (χ1n) is 10.4. The van der Waals surface area contributed by atoms with Gasteiger partial charge in [-0.1, -0.05) is 6.58 Å². The van der Waals surface area contributed by atoms with Gasteiger partial charge in [-0.2, -0.15) is 0 Å². The highest BCUT2D eigenvalue weighted by molar-refractivity contribution is 5.58. The van der Waals surface area contributed by atoms with E-state index in [0.717, 1.165) is 39.3 Å². The summed E-state index contributed by atoms with van der Waals surface area (Å²) in [4.78, 5) is 14.5. The Morgan fingerprint density at radius 3 is 2.66 bits per heavy atom. The van der Waals surface area contributed by atoms with Gasteiger partial charge in [-0.15, -0.1) is 0 Å². The molecule has 9 nitrogen and oxygen atoms in total. The zero-order valence-electron chi connectivity index (χ0n) is 18.9. The number of hydrogen-bond acceptors (Lipinski definition) is 9. The van der Waals surface area contributed by atoms with Crippen LogP contribution in [0.3, 0.4) is 0 Å². The maximum absolute atomic E-state index is 14.3. The highest BCUT2D eigenvalue weighted by Gasteiger charge is 2.14. The molecular formula is C22H34FN5O4. The maximum Gasteiger partial charge on any atom is 0.181 e. The Kier molecular flexibility index (Phi) is 14.5. The van der Waals surface area contributed by atoms with Crippen molar-refractivity contribution < 1.29 is 23.7 Å². The molecule has 1 rings (SSSR count). The summed E-state index contributed by atoms with van der Waals surface area (Å²) in [5.74, 6) is -0.493. The average Bonchev–Trinajstić information content (AvgIpc) is 2.81. The largest absolute Gasteiger partial charge is 0.483 e. The van der Waals surface area contributed by atoms with Crippen molar-refractivity contribution in [3.63, 3.8) is 0 Å². The number of aliphatic hydroxyl groups excluding tert-OH is 1. The maximum atomic E-state index is 14.3. The molecule has 10 heteroatoms. The van der Waals surface area contributed by atoms with E-state index in [0.29, 0.717) is 6.61 Å². The monoisotopic (exact) mass is 451 g/mol. The first kappa shape index (κ1) is 27.4. The number of rotatable bonds is 15. The van der Waals surface area contributed by atoms with Gasteiger partial charge in [0, 0.05) is 32.4 Å². The molecule has 1 saturated heterocycles. The molecule has 1 aliphatic heterocycles. The van der Waals surface area contributed by atoms with Gasteiger partial charge in [0.1, 0.15) is 5.76 Å². The van der Waals surface area contributed by atoms with Gasteiger partial charge in [-0.3, -0.25) is 10.2 Å². The van der Waals surface area contributed by atoms with Gasteiger partial charge in [-0.25, -0.2) is 19.4 Å². The number of aliphatic hydroxyl groups is 1.